The third kappa shape index (κ3) is 2.46. The number of anilines is 1. The number of amidine groups is 1. The SMILES string of the molecule is N=C(C1CC1)N1CCN(c2ccc(Cl)cc2)CC1. The Kier molecular flexibility index (Phi) is 3.16. The van der Waals surface area contributed by atoms with Crippen LogP contribution in [0, 0.1) is 11.3 Å². The number of piperazine rings is 1. The average molecular weight is 264 g/mol. The molecule has 2 aliphatic rings. The van der Waals surface area contributed by atoms with Crippen molar-refractivity contribution >= 4 is 23.1 Å². The lowest BCUT2D eigenvalue weighted by atomic mass is 10.2. The molecule has 3 nitrogen and oxygen atoms in total. The Hall–Kier alpha value is -1.22. The zero-order valence-corrected chi connectivity index (χ0v) is 11.2. The molecule has 0 spiro atoms. The van der Waals surface area contributed by atoms with Gasteiger partial charge >= 0.3 is 0 Å². The topological polar surface area (TPSA) is 30.3 Å². The van der Waals surface area contributed by atoms with Crippen molar-refractivity contribution in [3.63, 3.8) is 0 Å². The van der Waals surface area contributed by atoms with Gasteiger partial charge in [0.05, 0.1) is 5.84 Å². The van der Waals surface area contributed by atoms with Crippen LogP contribution in [-0.4, -0.2) is 36.9 Å². The number of hydrogen-bond acceptors (Lipinski definition) is 2. The lowest BCUT2D eigenvalue weighted by molar-refractivity contribution is 0.374. The quantitative estimate of drug-likeness (QED) is 0.657. The van der Waals surface area contributed by atoms with Gasteiger partial charge in [-0.25, -0.2) is 0 Å². The highest BCUT2D eigenvalue weighted by Crippen LogP contribution is 2.31. The fraction of sp³-hybridized carbons (Fsp3) is 0.500. The molecule has 3 rings (SSSR count). The lowest BCUT2D eigenvalue weighted by Gasteiger charge is -2.37. The van der Waals surface area contributed by atoms with Crippen molar-refractivity contribution in [2.75, 3.05) is 31.1 Å². The van der Waals surface area contributed by atoms with Gasteiger partial charge in [0.1, 0.15) is 0 Å². The molecule has 1 aromatic carbocycles. The molecule has 18 heavy (non-hydrogen) atoms. The molecule has 0 amide bonds. The molecule has 0 bridgehead atoms. The van der Waals surface area contributed by atoms with Crippen LogP contribution >= 0.6 is 11.6 Å². The summed E-state index contributed by atoms with van der Waals surface area (Å²) in [6.45, 7) is 3.93. The summed E-state index contributed by atoms with van der Waals surface area (Å²) in [5, 5.41) is 8.87. The van der Waals surface area contributed by atoms with Crippen molar-refractivity contribution in [3.05, 3.63) is 29.3 Å². The van der Waals surface area contributed by atoms with Crippen molar-refractivity contribution in [2.24, 2.45) is 5.92 Å². The second kappa shape index (κ2) is 4.81. The Balaban J connectivity index is 1.59. The maximum atomic E-state index is 8.09. The Morgan fingerprint density at radius 3 is 2.22 bits per heavy atom. The number of benzene rings is 1. The first-order valence-corrected chi connectivity index (χ1v) is 6.96. The molecule has 1 aliphatic carbocycles. The van der Waals surface area contributed by atoms with Gasteiger partial charge < -0.3 is 9.80 Å². The van der Waals surface area contributed by atoms with Crippen LogP contribution in [0.1, 0.15) is 12.8 Å². The van der Waals surface area contributed by atoms with E-state index in [1.54, 1.807) is 0 Å². The summed E-state index contributed by atoms with van der Waals surface area (Å²) in [7, 11) is 0. The molecular weight excluding hydrogens is 246 g/mol. The molecule has 1 N–H and O–H groups in total. The lowest BCUT2D eigenvalue weighted by Crippen LogP contribution is -2.49. The van der Waals surface area contributed by atoms with Crippen LogP contribution < -0.4 is 4.90 Å². The Morgan fingerprint density at radius 1 is 1.06 bits per heavy atom. The van der Waals surface area contributed by atoms with E-state index in [0.717, 1.165) is 37.0 Å². The zero-order valence-electron chi connectivity index (χ0n) is 10.4. The minimum Gasteiger partial charge on any atom is -0.368 e. The first-order valence-electron chi connectivity index (χ1n) is 6.58. The van der Waals surface area contributed by atoms with E-state index in [4.69, 9.17) is 17.0 Å². The van der Waals surface area contributed by atoms with E-state index >= 15 is 0 Å². The molecule has 1 saturated carbocycles. The average Bonchev–Trinajstić information content (AvgIpc) is 3.23. The minimum absolute atomic E-state index is 0.562. The van der Waals surface area contributed by atoms with E-state index in [2.05, 4.69) is 21.9 Å². The van der Waals surface area contributed by atoms with Crippen LogP contribution in [0.25, 0.3) is 0 Å². The molecule has 1 heterocycles. The van der Waals surface area contributed by atoms with Gasteiger partial charge in [-0.15, -0.1) is 0 Å². The summed E-state index contributed by atoms with van der Waals surface area (Å²) < 4.78 is 0. The second-order valence-electron chi connectivity index (χ2n) is 5.11. The van der Waals surface area contributed by atoms with Crippen LogP contribution in [0.3, 0.4) is 0 Å². The fourth-order valence-electron chi connectivity index (χ4n) is 2.47. The summed E-state index contributed by atoms with van der Waals surface area (Å²) >= 11 is 5.90. The highest BCUT2D eigenvalue weighted by atomic mass is 35.5. The Labute approximate surface area is 113 Å². The van der Waals surface area contributed by atoms with Crippen LogP contribution in [-0.2, 0) is 0 Å². The Morgan fingerprint density at radius 2 is 1.67 bits per heavy atom. The number of halogens is 1. The summed E-state index contributed by atoms with van der Waals surface area (Å²) in [5.41, 5.74) is 1.23. The van der Waals surface area contributed by atoms with Gasteiger partial charge in [-0.1, -0.05) is 11.6 Å². The van der Waals surface area contributed by atoms with Gasteiger partial charge in [-0.3, -0.25) is 5.41 Å². The predicted octanol–water partition coefficient (Wildman–Crippen LogP) is 2.85. The number of rotatable bonds is 2. The summed E-state index contributed by atoms with van der Waals surface area (Å²) in [5.74, 6) is 1.43. The smallest absolute Gasteiger partial charge is 0.0990 e. The highest BCUT2D eigenvalue weighted by molar-refractivity contribution is 6.30. The largest absolute Gasteiger partial charge is 0.368 e. The molecule has 4 heteroatoms. The van der Waals surface area contributed by atoms with Crippen LogP contribution in [0.4, 0.5) is 5.69 Å². The van der Waals surface area contributed by atoms with Crippen LogP contribution in [0.2, 0.25) is 5.02 Å². The van der Waals surface area contributed by atoms with Crippen molar-refractivity contribution in [3.8, 4) is 0 Å². The maximum absolute atomic E-state index is 8.09. The van der Waals surface area contributed by atoms with Gasteiger partial charge in [-0.2, -0.15) is 0 Å². The van der Waals surface area contributed by atoms with Gasteiger partial charge in [0.2, 0.25) is 0 Å². The van der Waals surface area contributed by atoms with Crippen molar-refractivity contribution in [1.29, 1.82) is 5.41 Å². The van der Waals surface area contributed by atoms with Crippen molar-refractivity contribution < 1.29 is 0 Å². The third-order valence-electron chi connectivity index (χ3n) is 3.78. The number of nitrogens with zero attached hydrogens (tertiary/aromatic N) is 2. The number of nitrogens with one attached hydrogen (secondary N) is 1. The third-order valence-corrected chi connectivity index (χ3v) is 4.03. The number of hydrogen-bond donors (Lipinski definition) is 1. The van der Waals surface area contributed by atoms with Crippen LogP contribution in [0.5, 0.6) is 0 Å². The Bertz CT molecular complexity index is 431. The summed E-state index contributed by atoms with van der Waals surface area (Å²) in [4.78, 5) is 4.61. The normalized spacial score (nSPS) is 20.1. The molecule has 1 saturated heterocycles. The minimum atomic E-state index is 0.562. The van der Waals surface area contributed by atoms with E-state index < -0.39 is 0 Å². The fourth-order valence-corrected chi connectivity index (χ4v) is 2.60. The van der Waals surface area contributed by atoms with Crippen LogP contribution in [0.15, 0.2) is 24.3 Å². The molecule has 0 radical (unpaired) electrons. The molecule has 0 unspecified atom stereocenters. The van der Waals surface area contributed by atoms with Crippen molar-refractivity contribution in [2.45, 2.75) is 12.8 Å². The summed E-state index contributed by atoms with van der Waals surface area (Å²) in [6.07, 6.45) is 2.44. The van der Waals surface area contributed by atoms with Gasteiger partial charge in [0.15, 0.2) is 0 Å². The molecule has 1 aromatic rings. The maximum Gasteiger partial charge on any atom is 0.0990 e. The molecular formula is C14H18ClN3. The van der Waals surface area contributed by atoms with E-state index in [1.807, 2.05) is 12.1 Å². The van der Waals surface area contributed by atoms with E-state index in [1.165, 1.54) is 18.5 Å². The zero-order chi connectivity index (χ0) is 12.5. The monoisotopic (exact) mass is 263 g/mol. The van der Waals surface area contributed by atoms with Gasteiger partial charge in [0, 0.05) is 42.8 Å². The van der Waals surface area contributed by atoms with E-state index in [9.17, 15) is 0 Å². The van der Waals surface area contributed by atoms with Gasteiger partial charge in [0.25, 0.3) is 0 Å². The van der Waals surface area contributed by atoms with E-state index in [0.29, 0.717) is 5.92 Å². The second-order valence-corrected chi connectivity index (χ2v) is 5.55. The first kappa shape index (κ1) is 11.8. The molecule has 0 aromatic heterocycles. The molecule has 2 fully saturated rings. The predicted molar refractivity (Wildman–Crippen MR) is 75.7 cm³/mol. The molecule has 96 valence electrons. The van der Waals surface area contributed by atoms with E-state index in [-0.39, 0.29) is 0 Å². The van der Waals surface area contributed by atoms with Gasteiger partial charge in [-0.05, 0) is 37.1 Å². The molecule has 1 aliphatic heterocycles. The van der Waals surface area contributed by atoms with Crippen molar-refractivity contribution in [1.82, 2.24) is 4.90 Å². The summed E-state index contributed by atoms with van der Waals surface area (Å²) in [6, 6.07) is 8.03. The first-order chi connectivity index (χ1) is 8.74. The molecule has 0 atom stereocenters. The highest BCUT2D eigenvalue weighted by Gasteiger charge is 2.31. The standard InChI is InChI=1S/C14H18ClN3/c15-12-3-5-13(6-4-12)17-7-9-18(10-8-17)14(16)11-1-2-11/h3-6,11,16H,1-2,7-10H2.